The molecule has 0 aliphatic carbocycles. The molecule has 7 heteroatoms. The molecule has 0 unspecified atom stereocenters. The Balaban J connectivity index is 1.86. The molecule has 0 atom stereocenters. The van der Waals surface area contributed by atoms with Crippen LogP contribution in [0.1, 0.15) is 30.4 Å². The predicted molar refractivity (Wildman–Crippen MR) is 67.3 cm³/mol. The van der Waals surface area contributed by atoms with Crippen molar-refractivity contribution in [2.45, 2.75) is 31.8 Å². The van der Waals surface area contributed by atoms with Gasteiger partial charge in [0.1, 0.15) is 6.61 Å². The minimum atomic E-state index is -2.88. The number of ether oxygens (including phenoxy) is 1. The summed E-state index contributed by atoms with van der Waals surface area (Å²) in [6.45, 7) is -0.542. The van der Waals surface area contributed by atoms with Crippen LogP contribution >= 0.6 is 0 Å². The molecule has 1 aliphatic rings. The molecule has 1 aromatic carbocycles. The van der Waals surface area contributed by atoms with Crippen molar-refractivity contribution in [3.05, 3.63) is 35.4 Å². The van der Waals surface area contributed by atoms with E-state index in [1.807, 2.05) is 0 Å². The molecule has 1 aromatic rings. The Hall–Kier alpha value is -1.79. The standard InChI is InChI=1S/C14H15F4NO2/c15-12(16)11-4-2-10(3-5-11)8-21-13(20)19-7-1-6-14(17,18)9-19/h2-5,12H,1,6-9H2. The summed E-state index contributed by atoms with van der Waals surface area (Å²) in [7, 11) is 0. The molecule has 116 valence electrons. The fourth-order valence-electron chi connectivity index (χ4n) is 2.12. The van der Waals surface area contributed by atoms with Crippen LogP contribution in [-0.2, 0) is 11.3 Å². The van der Waals surface area contributed by atoms with E-state index in [-0.39, 0.29) is 31.6 Å². The largest absolute Gasteiger partial charge is 0.445 e. The van der Waals surface area contributed by atoms with E-state index in [1.165, 1.54) is 24.3 Å². The smallest absolute Gasteiger partial charge is 0.410 e. The maximum absolute atomic E-state index is 13.2. The molecule has 1 aliphatic heterocycles. The number of likely N-dealkylation sites (tertiary alicyclic amines) is 1. The molecular formula is C14H15F4NO2. The number of carbonyl (C=O) groups is 1. The van der Waals surface area contributed by atoms with Crippen LogP contribution in [-0.4, -0.2) is 30.0 Å². The molecule has 2 rings (SSSR count). The first-order valence-electron chi connectivity index (χ1n) is 6.54. The highest BCUT2D eigenvalue weighted by Crippen LogP contribution is 2.27. The monoisotopic (exact) mass is 305 g/mol. The minimum Gasteiger partial charge on any atom is -0.445 e. The van der Waals surface area contributed by atoms with Crippen LogP contribution in [0.15, 0.2) is 24.3 Å². The van der Waals surface area contributed by atoms with E-state index in [4.69, 9.17) is 4.74 Å². The third-order valence-corrected chi connectivity index (χ3v) is 3.24. The quantitative estimate of drug-likeness (QED) is 0.790. The second-order valence-electron chi connectivity index (χ2n) is 4.98. The van der Waals surface area contributed by atoms with Gasteiger partial charge < -0.3 is 9.64 Å². The summed E-state index contributed by atoms with van der Waals surface area (Å²) < 4.78 is 56.0. The highest BCUT2D eigenvalue weighted by molar-refractivity contribution is 5.67. The molecule has 21 heavy (non-hydrogen) atoms. The van der Waals surface area contributed by atoms with Gasteiger partial charge in [-0.2, -0.15) is 0 Å². The van der Waals surface area contributed by atoms with Crippen LogP contribution in [0.4, 0.5) is 22.4 Å². The summed E-state index contributed by atoms with van der Waals surface area (Å²) in [5.74, 6) is -2.88. The van der Waals surface area contributed by atoms with Gasteiger partial charge in [0.05, 0.1) is 6.54 Å². The fourth-order valence-corrected chi connectivity index (χ4v) is 2.12. The Labute approximate surface area is 119 Å². The molecule has 0 saturated carbocycles. The molecule has 0 radical (unpaired) electrons. The molecule has 1 heterocycles. The number of hydrogen-bond acceptors (Lipinski definition) is 2. The Morgan fingerprint density at radius 3 is 2.52 bits per heavy atom. The normalized spacial score (nSPS) is 17.9. The Bertz CT molecular complexity index is 490. The molecule has 1 saturated heterocycles. The average Bonchev–Trinajstić information content (AvgIpc) is 2.44. The molecule has 0 bridgehead atoms. The molecule has 0 aromatic heterocycles. The number of alkyl halides is 4. The van der Waals surface area contributed by atoms with Crippen molar-refractivity contribution in [2.24, 2.45) is 0 Å². The van der Waals surface area contributed by atoms with Gasteiger partial charge in [-0.15, -0.1) is 0 Å². The van der Waals surface area contributed by atoms with Crippen molar-refractivity contribution < 1.29 is 27.1 Å². The number of amides is 1. The lowest BCUT2D eigenvalue weighted by atomic mass is 10.1. The number of rotatable bonds is 3. The van der Waals surface area contributed by atoms with Crippen molar-refractivity contribution in [3.8, 4) is 0 Å². The summed E-state index contributed by atoms with van der Waals surface area (Å²) in [5.41, 5.74) is 0.400. The van der Waals surface area contributed by atoms with Crippen molar-refractivity contribution in [3.63, 3.8) is 0 Å². The number of piperidine rings is 1. The third kappa shape index (κ3) is 4.34. The minimum absolute atomic E-state index is 0.124. The Morgan fingerprint density at radius 1 is 1.29 bits per heavy atom. The second-order valence-corrected chi connectivity index (χ2v) is 4.98. The van der Waals surface area contributed by atoms with Crippen LogP contribution in [0.5, 0.6) is 0 Å². The van der Waals surface area contributed by atoms with Gasteiger partial charge in [0.25, 0.3) is 12.3 Å². The first-order chi connectivity index (χ1) is 9.87. The van der Waals surface area contributed by atoms with Gasteiger partial charge in [0.2, 0.25) is 0 Å². The lowest BCUT2D eigenvalue weighted by Crippen LogP contribution is -2.45. The van der Waals surface area contributed by atoms with E-state index in [0.29, 0.717) is 5.56 Å². The van der Waals surface area contributed by atoms with Gasteiger partial charge in [-0.3, -0.25) is 0 Å². The zero-order chi connectivity index (χ0) is 15.5. The van der Waals surface area contributed by atoms with Crippen molar-refractivity contribution in [1.82, 2.24) is 4.90 Å². The fraction of sp³-hybridized carbons (Fsp3) is 0.500. The topological polar surface area (TPSA) is 29.5 Å². The lowest BCUT2D eigenvalue weighted by molar-refractivity contribution is -0.0611. The average molecular weight is 305 g/mol. The van der Waals surface area contributed by atoms with Gasteiger partial charge in [-0.05, 0) is 12.0 Å². The van der Waals surface area contributed by atoms with Gasteiger partial charge in [0, 0.05) is 18.5 Å². The number of nitrogens with zero attached hydrogens (tertiary/aromatic N) is 1. The van der Waals surface area contributed by atoms with Crippen LogP contribution in [0.25, 0.3) is 0 Å². The maximum Gasteiger partial charge on any atom is 0.410 e. The first kappa shape index (κ1) is 15.6. The highest BCUT2D eigenvalue weighted by Gasteiger charge is 2.37. The van der Waals surface area contributed by atoms with E-state index >= 15 is 0 Å². The molecular weight excluding hydrogens is 290 g/mol. The van der Waals surface area contributed by atoms with Gasteiger partial charge in [0.15, 0.2) is 0 Å². The third-order valence-electron chi connectivity index (χ3n) is 3.24. The van der Waals surface area contributed by atoms with E-state index in [1.54, 1.807) is 0 Å². The van der Waals surface area contributed by atoms with E-state index < -0.39 is 25.0 Å². The lowest BCUT2D eigenvalue weighted by Gasteiger charge is -2.31. The number of carbonyl (C=O) groups excluding carboxylic acids is 1. The van der Waals surface area contributed by atoms with Crippen LogP contribution in [0, 0.1) is 0 Å². The summed E-state index contributed by atoms with van der Waals surface area (Å²) in [4.78, 5) is 12.7. The number of halogens is 4. The maximum atomic E-state index is 13.2. The van der Waals surface area contributed by atoms with E-state index in [2.05, 4.69) is 0 Å². The Morgan fingerprint density at radius 2 is 1.95 bits per heavy atom. The highest BCUT2D eigenvalue weighted by atomic mass is 19.3. The first-order valence-corrected chi connectivity index (χ1v) is 6.54. The van der Waals surface area contributed by atoms with Crippen LogP contribution < -0.4 is 0 Å². The van der Waals surface area contributed by atoms with Crippen molar-refractivity contribution in [2.75, 3.05) is 13.1 Å². The molecule has 0 spiro atoms. The van der Waals surface area contributed by atoms with Gasteiger partial charge in [-0.25, -0.2) is 22.4 Å². The van der Waals surface area contributed by atoms with E-state index in [0.717, 1.165) is 4.90 Å². The Kier molecular flexibility index (Phi) is 4.69. The number of benzene rings is 1. The summed E-state index contributed by atoms with van der Waals surface area (Å²) >= 11 is 0. The summed E-state index contributed by atoms with van der Waals surface area (Å²) in [5, 5.41) is 0. The predicted octanol–water partition coefficient (Wildman–Crippen LogP) is 3.99. The van der Waals surface area contributed by atoms with Crippen molar-refractivity contribution >= 4 is 6.09 Å². The van der Waals surface area contributed by atoms with Crippen molar-refractivity contribution in [1.29, 1.82) is 0 Å². The molecule has 3 nitrogen and oxygen atoms in total. The molecule has 0 N–H and O–H groups in total. The van der Waals surface area contributed by atoms with Crippen LogP contribution in [0.2, 0.25) is 0 Å². The SMILES string of the molecule is O=C(OCc1ccc(C(F)F)cc1)N1CCCC(F)(F)C1. The molecule has 1 amide bonds. The van der Waals surface area contributed by atoms with Gasteiger partial charge >= 0.3 is 6.09 Å². The summed E-state index contributed by atoms with van der Waals surface area (Å²) in [6, 6.07) is 5.31. The van der Waals surface area contributed by atoms with E-state index in [9.17, 15) is 22.4 Å². The second kappa shape index (κ2) is 6.32. The van der Waals surface area contributed by atoms with Crippen LogP contribution in [0.3, 0.4) is 0 Å². The summed E-state index contributed by atoms with van der Waals surface area (Å²) in [6.07, 6.45) is -3.37. The zero-order valence-corrected chi connectivity index (χ0v) is 11.2. The molecule has 1 fully saturated rings. The van der Waals surface area contributed by atoms with Gasteiger partial charge in [-0.1, -0.05) is 24.3 Å². The number of hydrogen-bond donors (Lipinski definition) is 0. The zero-order valence-electron chi connectivity index (χ0n) is 11.2.